The van der Waals surface area contributed by atoms with Gasteiger partial charge in [-0.25, -0.2) is 8.42 Å². The topological polar surface area (TPSA) is 54.5 Å². The van der Waals surface area contributed by atoms with Crippen molar-refractivity contribution in [3.05, 3.63) is 30.3 Å². The predicted molar refractivity (Wildman–Crippen MR) is 97.5 cm³/mol. The average molecular weight is 370 g/mol. The molecule has 2 aliphatic rings. The lowest BCUT2D eigenvalue weighted by Crippen LogP contribution is -2.72. The highest BCUT2D eigenvalue weighted by molar-refractivity contribution is 8.06. The van der Waals surface area contributed by atoms with Crippen LogP contribution in [0.15, 0.2) is 35.2 Å². The summed E-state index contributed by atoms with van der Waals surface area (Å²) in [6.45, 7) is 6.16. The largest absolute Gasteiger partial charge is 0.253 e. The molecule has 0 aromatic heterocycles. The molecule has 134 valence electrons. The molecule has 24 heavy (non-hydrogen) atoms. The van der Waals surface area contributed by atoms with Crippen molar-refractivity contribution in [1.82, 2.24) is 4.31 Å². The van der Waals surface area contributed by atoms with Crippen LogP contribution in [0.3, 0.4) is 0 Å². The van der Waals surface area contributed by atoms with Crippen LogP contribution in [0.4, 0.5) is 0 Å². The molecule has 1 aliphatic heterocycles. The first-order chi connectivity index (χ1) is 11.2. The zero-order valence-corrected chi connectivity index (χ0v) is 16.3. The average Bonchev–Trinajstić information content (AvgIpc) is 2.53. The maximum Gasteiger partial charge on any atom is 0.231 e. The third kappa shape index (κ3) is 3.08. The van der Waals surface area contributed by atoms with Crippen LogP contribution in [0.1, 0.15) is 52.9 Å². The van der Waals surface area contributed by atoms with Gasteiger partial charge in [0.05, 0.1) is 16.8 Å². The van der Waals surface area contributed by atoms with Gasteiger partial charge in [0.25, 0.3) is 0 Å². The monoisotopic (exact) mass is 369 g/mol. The van der Waals surface area contributed by atoms with Gasteiger partial charge < -0.3 is 0 Å². The van der Waals surface area contributed by atoms with E-state index in [1.54, 1.807) is 16.4 Å². The lowest BCUT2D eigenvalue weighted by molar-refractivity contribution is 0.0956. The Morgan fingerprint density at radius 2 is 1.62 bits per heavy atom. The molecule has 0 bridgehead atoms. The van der Waals surface area contributed by atoms with Gasteiger partial charge >= 0.3 is 0 Å². The van der Waals surface area contributed by atoms with Gasteiger partial charge in [-0.3, -0.25) is 4.21 Å². The van der Waals surface area contributed by atoms with E-state index in [2.05, 4.69) is 20.8 Å². The summed E-state index contributed by atoms with van der Waals surface area (Å²) in [4.78, 5) is 0.601. The van der Waals surface area contributed by atoms with Crippen LogP contribution in [-0.4, -0.2) is 33.6 Å². The van der Waals surface area contributed by atoms with E-state index in [9.17, 15) is 12.6 Å². The summed E-state index contributed by atoms with van der Waals surface area (Å²) in [5.74, 6) is 0. The Morgan fingerprint density at radius 1 is 1.04 bits per heavy atom. The molecular weight excluding hydrogens is 342 g/mol. The summed E-state index contributed by atoms with van der Waals surface area (Å²) in [6.07, 6.45) is 5.21. The van der Waals surface area contributed by atoms with Gasteiger partial charge in [0.15, 0.2) is 4.58 Å². The minimum Gasteiger partial charge on any atom is -0.253 e. The van der Waals surface area contributed by atoms with Crippen molar-refractivity contribution >= 4 is 20.8 Å². The zero-order valence-electron chi connectivity index (χ0n) is 14.6. The number of hydrogen-bond acceptors (Lipinski definition) is 3. The summed E-state index contributed by atoms with van der Waals surface area (Å²) < 4.78 is 40.0. The Bertz CT molecular complexity index is 704. The summed E-state index contributed by atoms with van der Waals surface area (Å²) in [5, 5.41) is 0. The standard InChI is InChI=1S/C18H27NO3S2/c1-18(2,3)16-17(23(20)15-12-8-5-9-13-15)24(21,22)19(16)14-10-6-4-7-11-14/h5,8-9,12-14,16-17H,4,6-7,10-11H2,1-3H3/t16-,17-,23+/m0/s1. The van der Waals surface area contributed by atoms with Crippen molar-refractivity contribution in [3.63, 3.8) is 0 Å². The molecule has 2 fully saturated rings. The summed E-state index contributed by atoms with van der Waals surface area (Å²) in [5.41, 5.74) is -0.238. The Labute approximate surface area is 148 Å². The fraction of sp³-hybridized carbons (Fsp3) is 0.667. The highest BCUT2D eigenvalue weighted by Crippen LogP contribution is 2.47. The number of nitrogens with zero attached hydrogens (tertiary/aromatic N) is 1. The van der Waals surface area contributed by atoms with Crippen LogP contribution >= 0.6 is 0 Å². The molecule has 1 aromatic carbocycles. The molecule has 1 aromatic rings. The minimum absolute atomic E-state index is 0.0806. The molecule has 1 aliphatic carbocycles. The van der Waals surface area contributed by atoms with E-state index in [1.165, 1.54) is 6.42 Å². The fourth-order valence-corrected chi connectivity index (χ4v) is 9.33. The SMILES string of the molecule is CC(C)(C)[C@@H]1[C@@H]([S@](=O)c2ccccc2)S(=O)(=O)N1C1CCCCC1. The molecular formula is C18H27NO3S2. The quantitative estimate of drug-likeness (QED) is 0.819. The lowest BCUT2D eigenvalue weighted by Gasteiger charge is -2.55. The van der Waals surface area contributed by atoms with Crippen molar-refractivity contribution in [2.45, 2.75) is 74.4 Å². The third-order valence-corrected chi connectivity index (χ3v) is 9.76. The van der Waals surface area contributed by atoms with Crippen LogP contribution in [0, 0.1) is 5.41 Å². The minimum atomic E-state index is -3.51. The second-order valence-corrected chi connectivity index (χ2v) is 11.8. The smallest absolute Gasteiger partial charge is 0.231 e. The van der Waals surface area contributed by atoms with E-state index >= 15 is 0 Å². The van der Waals surface area contributed by atoms with Crippen molar-refractivity contribution in [3.8, 4) is 0 Å². The maximum absolute atomic E-state index is 13.1. The highest BCUT2D eigenvalue weighted by Gasteiger charge is 2.62. The van der Waals surface area contributed by atoms with E-state index in [1.807, 2.05) is 18.2 Å². The van der Waals surface area contributed by atoms with Crippen LogP contribution in [0.5, 0.6) is 0 Å². The van der Waals surface area contributed by atoms with Crippen LogP contribution < -0.4 is 0 Å². The summed E-state index contributed by atoms with van der Waals surface area (Å²) >= 11 is 0. The van der Waals surface area contributed by atoms with Gasteiger partial charge in [-0.15, -0.1) is 0 Å². The number of benzene rings is 1. The van der Waals surface area contributed by atoms with Crippen molar-refractivity contribution in [2.75, 3.05) is 0 Å². The molecule has 3 rings (SSSR count). The molecule has 0 radical (unpaired) electrons. The highest BCUT2D eigenvalue weighted by atomic mass is 32.3. The van der Waals surface area contributed by atoms with Crippen molar-refractivity contribution < 1.29 is 12.6 Å². The molecule has 0 amide bonds. The van der Waals surface area contributed by atoms with Crippen molar-refractivity contribution in [2.24, 2.45) is 5.41 Å². The molecule has 1 saturated heterocycles. The predicted octanol–water partition coefficient (Wildman–Crippen LogP) is 3.51. The lowest BCUT2D eigenvalue weighted by atomic mass is 9.85. The first-order valence-corrected chi connectivity index (χ1v) is 11.4. The molecule has 0 N–H and O–H groups in total. The van der Waals surface area contributed by atoms with Gasteiger partial charge in [0.2, 0.25) is 10.0 Å². The Morgan fingerprint density at radius 3 is 2.17 bits per heavy atom. The molecule has 0 spiro atoms. The van der Waals surface area contributed by atoms with E-state index in [0.29, 0.717) is 4.90 Å². The van der Waals surface area contributed by atoms with E-state index < -0.39 is 25.4 Å². The van der Waals surface area contributed by atoms with E-state index in [0.717, 1.165) is 25.7 Å². The second kappa shape index (κ2) is 6.54. The van der Waals surface area contributed by atoms with Crippen LogP contribution in [-0.2, 0) is 20.8 Å². The first kappa shape index (κ1) is 18.1. The van der Waals surface area contributed by atoms with Gasteiger partial charge in [-0.2, -0.15) is 4.31 Å². The third-order valence-electron chi connectivity index (χ3n) is 5.13. The molecule has 6 heteroatoms. The van der Waals surface area contributed by atoms with E-state index in [-0.39, 0.29) is 17.5 Å². The Balaban J connectivity index is 1.95. The Kier molecular flexibility index (Phi) is 4.93. The second-order valence-electron chi connectivity index (χ2n) is 7.96. The number of hydrogen-bond donors (Lipinski definition) is 0. The fourth-order valence-electron chi connectivity index (χ4n) is 3.98. The van der Waals surface area contributed by atoms with Crippen molar-refractivity contribution in [1.29, 1.82) is 0 Å². The summed E-state index contributed by atoms with van der Waals surface area (Å²) in [7, 11) is -5.05. The van der Waals surface area contributed by atoms with Gasteiger partial charge in [-0.1, -0.05) is 58.2 Å². The van der Waals surface area contributed by atoms with Crippen LogP contribution in [0.25, 0.3) is 0 Å². The van der Waals surface area contributed by atoms with Gasteiger partial charge in [0.1, 0.15) is 0 Å². The molecule has 3 atom stereocenters. The number of sulfonamides is 1. The van der Waals surface area contributed by atoms with E-state index in [4.69, 9.17) is 0 Å². The van der Waals surface area contributed by atoms with Gasteiger partial charge in [-0.05, 0) is 30.4 Å². The van der Waals surface area contributed by atoms with Crippen LogP contribution in [0.2, 0.25) is 0 Å². The maximum atomic E-state index is 13.1. The molecule has 1 saturated carbocycles. The molecule has 4 nitrogen and oxygen atoms in total. The molecule has 1 heterocycles. The zero-order chi connectivity index (χ0) is 17.5. The van der Waals surface area contributed by atoms with Gasteiger partial charge in [0, 0.05) is 10.9 Å². The normalized spacial score (nSPS) is 29.8. The number of rotatable bonds is 3. The Hall–Kier alpha value is -0.720. The first-order valence-electron chi connectivity index (χ1n) is 8.72. The summed E-state index contributed by atoms with van der Waals surface area (Å²) in [6, 6.07) is 8.87. The molecule has 0 unspecified atom stereocenters.